The number of fused-ring (bicyclic) bond motifs is 1. The molecule has 3 aromatic carbocycles. The van der Waals surface area contributed by atoms with E-state index in [0.29, 0.717) is 12.1 Å². The molecule has 0 fully saturated rings. The first-order valence-corrected chi connectivity index (χ1v) is 9.25. The molecule has 0 N–H and O–H groups in total. The number of hydrogen-bond acceptors (Lipinski definition) is 1. The van der Waals surface area contributed by atoms with E-state index >= 15 is 0 Å². The van der Waals surface area contributed by atoms with Gasteiger partial charge >= 0.3 is 0 Å². The molecule has 126 valence electrons. The third kappa shape index (κ3) is 3.38. The second-order valence-electron chi connectivity index (χ2n) is 7.00. The summed E-state index contributed by atoms with van der Waals surface area (Å²) < 4.78 is 0. The van der Waals surface area contributed by atoms with Gasteiger partial charge in [0.2, 0.25) is 0 Å². The highest BCUT2D eigenvalue weighted by Gasteiger charge is 2.30. The van der Waals surface area contributed by atoms with Crippen molar-refractivity contribution in [3.63, 3.8) is 0 Å². The van der Waals surface area contributed by atoms with Crippen molar-refractivity contribution in [2.45, 2.75) is 38.4 Å². The molecule has 0 saturated carbocycles. The summed E-state index contributed by atoms with van der Waals surface area (Å²) in [7, 11) is 0. The van der Waals surface area contributed by atoms with Crippen LogP contribution in [0.2, 0.25) is 0 Å². The second-order valence-corrected chi connectivity index (χ2v) is 7.00. The van der Waals surface area contributed by atoms with E-state index in [-0.39, 0.29) is 0 Å². The molecule has 4 rings (SSSR count). The molecule has 1 nitrogen and oxygen atoms in total. The van der Waals surface area contributed by atoms with Crippen molar-refractivity contribution in [3.05, 3.63) is 107 Å². The summed E-state index contributed by atoms with van der Waals surface area (Å²) in [5, 5.41) is 0. The molecule has 2 unspecified atom stereocenters. The van der Waals surface area contributed by atoms with Gasteiger partial charge in [0, 0.05) is 18.6 Å². The maximum absolute atomic E-state index is 2.68. The van der Waals surface area contributed by atoms with Gasteiger partial charge in [-0.05, 0) is 42.0 Å². The van der Waals surface area contributed by atoms with Crippen LogP contribution < -0.4 is 0 Å². The lowest BCUT2D eigenvalue weighted by molar-refractivity contribution is 0.133. The fourth-order valence-corrected chi connectivity index (χ4v) is 4.15. The topological polar surface area (TPSA) is 3.24 Å². The van der Waals surface area contributed by atoms with E-state index in [0.717, 1.165) is 19.4 Å². The molecule has 0 bridgehead atoms. The average molecular weight is 327 g/mol. The van der Waals surface area contributed by atoms with Crippen molar-refractivity contribution in [1.29, 1.82) is 0 Å². The Morgan fingerprint density at radius 2 is 1.44 bits per heavy atom. The molecule has 1 aliphatic rings. The first-order valence-electron chi connectivity index (χ1n) is 9.25. The smallest absolute Gasteiger partial charge is 0.0360 e. The molecule has 0 aliphatic carbocycles. The van der Waals surface area contributed by atoms with Crippen LogP contribution in [0.25, 0.3) is 0 Å². The van der Waals surface area contributed by atoms with E-state index in [1.165, 1.54) is 22.3 Å². The molecule has 0 radical (unpaired) electrons. The lowest BCUT2D eigenvalue weighted by Gasteiger charge is -2.35. The zero-order chi connectivity index (χ0) is 17.1. The lowest BCUT2D eigenvalue weighted by atomic mass is 9.98. The number of rotatable bonds is 3. The minimum atomic E-state index is 0.407. The predicted octanol–water partition coefficient (Wildman–Crippen LogP) is 5.94. The van der Waals surface area contributed by atoms with E-state index in [2.05, 4.69) is 96.8 Å². The zero-order valence-corrected chi connectivity index (χ0v) is 14.8. The summed E-state index contributed by atoms with van der Waals surface area (Å²) in [5.41, 5.74) is 5.80. The molecular weight excluding hydrogens is 302 g/mol. The SMILES string of the molecule is CC1c2ccccc2CCC(c2ccccc2)N1Cc1ccccc1. The monoisotopic (exact) mass is 327 g/mol. The van der Waals surface area contributed by atoms with Gasteiger partial charge in [0.25, 0.3) is 0 Å². The highest BCUT2D eigenvalue weighted by Crippen LogP contribution is 2.39. The summed E-state index contributed by atoms with van der Waals surface area (Å²) in [4.78, 5) is 2.68. The highest BCUT2D eigenvalue weighted by molar-refractivity contribution is 5.33. The molecule has 0 saturated heterocycles. The van der Waals surface area contributed by atoms with Crippen molar-refractivity contribution < 1.29 is 0 Å². The van der Waals surface area contributed by atoms with Crippen molar-refractivity contribution in [2.75, 3.05) is 0 Å². The maximum Gasteiger partial charge on any atom is 0.0360 e. The average Bonchev–Trinajstić information content (AvgIpc) is 2.81. The third-order valence-corrected chi connectivity index (χ3v) is 5.48. The number of hydrogen-bond donors (Lipinski definition) is 0. The number of aryl methyl sites for hydroxylation is 1. The standard InChI is InChI=1S/C24H25N/c1-19-23-15-9-8-12-21(23)16-17-24(22-13-6-3-7-14-22)25(19)18-20-10-4-2-5-11-20/h2-15,19,24H,16-18H2,1H3. The van der Waals surface area contributed by atoms with Crippen LogP contribution in [0.1, 0.15) is 47.7 Å². The Bertz CT molecular complexity index is 810. The Balaban J connectivity index is 1.74. The molecule has 1 heteroatoms. The van der Waals surface area contributed by atoms with Gasteiger partial charge in [-0.15, -0.1) is 0 Å². The molecule has 25 heavy (non-hydrogen) atoms. The van der Waals surface area contributed by atoms with Gasteiger partial charge in [0.05, 0.1) is 0 Å². The van der Waals surface area contributed by atoms with Crippen LogP contribution in [0.5, 0.6) is 0 Å². The van der Waals surface area contributed by atoms with E-state index in [1.807, 2.05) is 0 Å². The fraction of sp³-hybridized carbons (Fsp3) is 0.250. The first kappa shape index (κ1) is 16.1. The molecular formula is C24H25N. The summed E-state index contributed by atoms with van der Waals surface area (Å²) in [5.74, 6) is 0. The second kappa shape index (κ2) is 7.25. The Kier molecular flexibility index (Phi) is 4.67. The van der Waals surface area contributed by atoms with E-state index in [1.54, 1.807) is 0 Å². The van der Waals surface area contributed by atoms with Crippen LogP contribution in [0.15, 0.2) is 84.9 Å². The molecule has 1 aliphatic heterocycles. The first-order chi connectivity index (χ1) is 12.3. The zero-order valence-electron chi connectivity index (χ0n) is 14.8. The van der Waals surface area contributed by atoms with Crippen molar-refractivity contribution >= 4 is 0 Å². The summed E-state index contributed by atoms with van der Waals surface area (Å²) >= 11 is 0. The van der Waals surface area contributed by atoms with Gasteiger partial charge in [-0.2, -0.15) is 0 Å². The van der Waals surface area contributed by atoms with Gasteiger partial charge in [-0.1, -0.05) is 84.9 Å². The third-order valence-electron chi connectivity index (χ3n) is 5.48. The van der Waals surface area contributed by atoms with Gasteiger partial charge in [0.15, 0.2) is 0 Å². The van der Waals surface area contributed by atoms with Crippen LogP contribution in [0, 0.1) is 0 Å². The van der Waals surface area contributed by atoms with Crippen LogP contribution in [0.4, 0.5) is 0 Å². The summed E-state index contributed by atoms with van der Waals surface area (Å²) in [6, 6.07) is 31.7. The summed E-state index contributed by atoms with van der Waals surface area (Å²) in [6.07, 6.45) is 2.31. The highest BCUT2D eigenvalue weighted by atomic mass is 15.2. The minimum Gasteiger partial charge on any atom is -0.285 e. The number of nitrogens with zero attached hydrogens (tertiary/aromatic N) is 1. The van der Waals surface area contributed by atoms with Crippen molar-refractivity contribution in [3.8, 4) is 0 Å². The normalized spacial score (nSPS) is 20.7. The van der Waals surface area contributed by atoms with E-state index in [9.17, 15) is 0 Å². The van der Waals surface area contributed by atoms with Crippen LogP contribution in [-0.2, 0) is 13.0 Å². The van der Waals surface area contributed by atoms with Gasteiger partial charge < -0.3 is 0 Å². The van der Waals surface area contributed by atoms with Crippen molar-refractivity contribution in [1.82, 2.24) is 4.90 Å². The summed E-state index contributed by atoms with van der Waals surface area (Å²) in [6.45, 7) is 3.35. The molecule has 0 amide bonds. The van der Waals surface area contributed by atoms with Crippen LogP contribution in [-0.4, -0.2) is 4.90 Å². The molecule has 0 spiro atoms. The Labute approximate surface area is 150 Å². The van der Waals surface area contributed by atoms with E-state index in [4.69, 9.17) is 0 Å². The minimum absolute atomic E-state index is 0.407. The quantitative estimate of drug-likeness (QED) is 0.575. The van der Waals surface area contributed by atoms with Gasteiger partial charge in [-0.3, -0.25) is 4.90 Å². The lowest BCUT2D eigenvalue weighted by Crippen LogP contribution is -2.30. The number of benzene rings is 3. The maximum atomic E-state index is 2.68. The van der Waals surface area contributed by atoms with Crippen LogP contribution in [0.3, 0.4) is 0 Å². The Morgan fingerprint density at radius 1 is 0.800 bits per heavy atom. The van der Waals surface area contributed by atoms with Crippen molar-refractivity contribution in [2.24, 2.45) is 0 Å². The van der Waals surface area contributed by atoms with Gasteiger partial charge in [0.1, 0.15) is 0 Å². The molecule has 1 heterocycles. The van der Waals surface area contributed by atoms with Crippen LogP contribution >= 0.6 is 0 Å². The molecule has 0 aromatic heterocycles. The van der Waals surface area contributed by atoms with Gasteiger partial charge in [-0.25, -0.2) is 0 Å². The van der Waals surface area contributed by atoms with E-state index < -0.39 is 0 Å². The Hall–Kier alpha value is -2.38. The molecule has 2 atom stereocenters. The Morgan fingerprint density at radius 3 is 2.20 bits per heavy atom. The largest absolute Gasteiger partial charge is 0.285 e. The fourth-order valence-electron chi connectivity index (χ4n) is 4.15. The molecule has 3 aromatic rings. The predicted molar refractivity (Wildman–Crippen MR) is 104 cm³/mol.